The highest BCUT2D eigenvalue weighted by Gasteiger charge is 2.29. The highest BCUT2D eigenvalue weighted by atomic mass is 16.7. The number of carbonyl (C=O) groups is 2. The van der Waals surface area contributed by atoms with Crippen molar-refractivity contribution in [3.63, 3.8) is 0 Å². The zero-order chi connectivity index (χ0) is 23.8. The van der Waals surface area contributed by atoms with Gasteiger partial charge in [-0.3, -0.25) is 9.78 Å². The normalized spacial score (nSPS) is 13.8. The van der Waals surface area contributed by atoms with Crippen molar-refractivity contribution in [2.75, 3.05) is 25.0 Å². The number of hydrogen-bond donors (Lipinski definition) is 3. The molecule has 3 heterocycles. The first-order valence-electron chi connectivity index (χ1n) is 11.4. The van der Waals surface area contributed by atoms with E-state index in [1.807, 2.05) is 6.07 Å². The van der Waals surface area contributed by atoms with Gasteiger partial charge >= 0.3 is 11.9 Å². The first kappa shape index (κ1) is 24.6. The molecule has 0 radical (unpaired) electrons. The predicted molar refractivity (Wildman–Crippen MR) is 123 cm³/mol. The van der Waals surface area contributed by atoms with Crippen LogP contribution in [0.25, 0.3) is 0 Å². The van der Waals surface area contributed by atoms with Crippen molar-refractivity contribution in [2.45, 2.75) is 58.4 Å². The summed E-state index contributed by atoms with van der Waals surface area (Å²) in [6.45, 7) is 4.34. The number of unbranched alkanes of at least 4 members (excludes halogenated alkanes) is 1. The molecule has 1 atom stereocenters. The number of fused-ring (bicyclic) bond motifs is 1. The van der Waals surface area contributed by atoms with Crippen LogP contribution >= 0.6 is 0 Å². The highest BCUT2D eigenvalue weighted by Crippen LogP contribution is 2.21. The van der Waals surface area contributed by atoms with Gasteiger partial charge < -0.3 is 20.4 Å². The summed E-state index contributed by atoms with van der Waals surface area (Å²) >= 11 is 0. The number of aryl methyl sites for hydroxylation is 4. The first-order chi connectivity index (χ1) is 15.9. The monoisotopic (exact) mass is 456 g/mol. The molecule has 1 aliphatic heterocycles. The van der Waals surface area contributed by atoms with Gasteiger partial charge in [-0.05, 0) is 75.1 Å². The van der Waals surface area contributed by atoms with Gasteiger partial charge in [0, 0.05) is 37.8 Å². The van der Waals surface area contributed by atoms with Crippen LogP contribution in [0.2, 0.25) is 0 Å². The maximum absolute atomic E-state index is 12.9. The number of anilines is 1. The van der Waals surface area contributed by atoms with Crippen molar-refractivity contribution in [3.05, 3.63) is 52.5 Å². The average molecular weight is 457 g/mol. The van der Waals surface area contributed by atoms with E-state index in [0.717, 1.165) is 43.7 Å². The fourth-order valence-electron chi connectivity index (χ4n) is 4.03. The molecule has 0 amide bonds. The molecule has 0 bridgehead atoms. The second-order valence-electron chi connectivity index (χ2n) is 8.33. The minimum atomic E-state index is -1.15. The summed E-state index contributed by atoms with van der Waals surface area (Å²) in [5, 5.41) is 23.5. The van der Waals surface area contributed by atoms with Gasteiger partial charge in [0.2, 0.25) is 0 Å². The molecule has 9 heteroatoms. The summed E-state index contributed by atoms with van der Waals surface area (Å²) in [6, 6.07) is 3.01. The van der Waals surface area contributed by atoms with Crippen molar-refractivity contribution in [2.24, 2.45) is 0 Å². The number of pyridine rings is 2. The van der Waals surface area contributed by atoms with Crippen LogP contribution in [0.5, 0.6) is 0 Å². The molecule has 2 aromatic rings. The predicted octanol–water partition coefficient (Wildman–Crippen LogP) is 2.68. The van der Waals surface area contributed by atoms with Crippen LogP contribution in [0.15, 0.2) is 24.5 Å². The van der Waals surface area contributed by atoms with Gasteiger partial charge in [0.25, 0.3) is 0 Å². The lowest BCUT2D eigenvalue weighted by Gasteiger charge is -2.27. The van der Waals surface area contributed by atoms with E-state index >= 15 is 0 Å². The van der Waals surface area contributed by atoms with Crippen LogP contribution in [0.3, 0.4) is 0 Å². The Morgan fingerprint density at radius 2 is 1.97 bits per heavy atom. The number of nitrogens with one attached hydrogen (secondary N) is 1. The summed E-state index contributed by atoms with van der Waals surface area (Å²) in [5.74, 6) is -0.826. The molecular weight excluding hydrogens is 424 g/mol. The number of aliphatic hydroxyl groups excluding tert-OH is 1. The van der Waals surface area contributed by atoms with E-state index in [0.29, 0.717) is 23.1 Å². The highest BCUT2D eigenvalue weighted by molar-refractivity contribution is 5.92. The van der Waals surface area contributed by atoms with Gasteiger partial charge in [-0.25, -0.2) is 9.78 Å². The van der Waals surface area contributed by atoms with E-state index in [4.69, 9.17) is 4.84 Å². The number of carboxylic acids is 1. The van der Waals surface area contributed by atoms with Gasteiger partial charge in [0.1, 0.15) is 11.9 Å². The van der Waals surface area contributed by atoms with Crippen molar-refractivity contribution >= 4 is 17.8 Å². The van der Waals surface area contributed by atoms with Crippen molar-refractivity contribution < 1.29 is 24.6 Å². The van der Waals surface area contributed by atoms with E-state index in [1.54, 1.807) is 26.2 Å². The molecule has 33 heavy (non-hydrogen) atoms. The molecule has 3 rings (SSSR count). The lowest BCUT2D eigenvalue weighted by molar-refractivity contribution is -0.174. The Bertz CT molecular complexity index is 961. The fourth-order valence-corrected chi connectivity index (χ4v) is 4.03. The Morgan fingerprint density at radius 3 is 2.67 bits per heavy atom. The number of nitrogens with zero attached hydrogens (tertiary/aromatic N) is 3. The number of hydrogen-bond acceptors (Lipinski definition) is 8. The molecule has 0 spiro atoms. The SMILES string of the molecule is Cc1cncc(C)c1C(=O)ON(CCCCc1ccc2c(n1)NCCC2)[C@H](CCO)C(=O)O. The van der Waals surface area contributed by atoms with Crippen LogP contribution in [0, 0.1) is 13.8 Å². The third kappa shape index (κ3) is 6.49. The Hall–Kier alpha value is -3.04. The third-order valence-corrected chi connectivity index (χ3v) is 5.78. The van der Waals surface area contributed by atoms with Gasteiger partial charge in [-0.2, -0.15) is 0 Å². The summed E-state index contributed by atoms with van der Waals surface area (Å²) < 4.78 is 0. The summed E-state index contributed by atoms with van der Waals surface area (Å²) in [4.78, 5) is 38.9. The van der Waals surface area contributed by atoms with Crippen LogP contribution in [0.1, 0.15) is 58.4 Å². The fraction of sp³-hybridized carbons (Fsp3) is 0.500. The molecular formula is C24H32N4O5. The van der Waals surface area contributed by atoms with Crippen LogP contribution in [0.4, 0.5) is 5.82 Å². The lowest BCUT2D eigenvalue weighted by atomic mass is 10.1. The van der Waals surface area contributed by atoms with E-state index < -0.39 is 18.0 Å². The van der Waals surface area contributed by atoms with Crippen LogP contribution < -0.4 is 5.32 Å². The number of aliphatic carboxylic acids is 1. The van der Waals surface area contributed by atoms with Crippen molar-refractivity contribution in [3.8, 4) is 0 Å². The molecule has 1 aliphatic rings. The molecule has 0 unspecified atom stereocenters. The van der Waals surface area contributed by atoms with Gasteiger partial charge in [-0.15, -0.1) is 5.06 Å². The maximum atomic E-state index is 12.9. The Kier molecular flexibility index (Phi) is 8.73. The van der Waals surface area contributed by atoms with Crippen molar-refractivity contribution in [1.29, 1.82) is 0 Å². The number of hydroxylamine groups is 2. The van der Waals surface area contributed by atoms with E-state index in [2.05, 4.69) is 21.4 Å². The lowest BCUT2D eigenvalue weighted by Crippen LogP contribution is -2.44. The quantitative estimate of drug-likeness (QED) is 0.346. The molecule has 0 aromatic carbocycles. The van der Waals surface area contributed by atoms with Gasteiger partial charge in [0.15, 0.2) is 0 Å². The van der Waals surface area contributed by atoms with Gasteiger partial charge in [0.05, 0.1) is 5.56 Å². The minimum Gasteiger partial charge on any atom is -0.480 e. The number of aliphatic hydroxyl groups is 1. The number of aromatic nitrogens is 2. The molecule has 9 nitrogen and oxygen atoms in total. The second kappa shape index (κ2) is 11.7. The Morgan fingerprint density at radius 1 is 1.21 bits per heavy atom. The minimum absolute atomic E-state index is 0.0467. The molecule has 0 aliphatic carbocycles. The third-order valence-electron chi connectivity index (χ3n) is 5.78. The number of carboxylic acid groups (broad SMARTS) is 1. The molecule has 3 N–H and O–H groups in total. The van der Waals surface area contributed by atoms with E-state index in [-0.39, 0.29) is 19.6 Å². The average Bonchev–Trinajstić information content (AvgIpc) is 2.79. The number of carbonyl (C=O) groups excluding carboxylic acids is 1. The summed E-state index contributed by atoms with van der Waals surface area (Å²) in [7, 11) is 0. The molecule has 0 saturated carbocycles. The van der Waals surface area contributed by atoms with E-state index in [1.165, 1.54) is 10.6 Å². The standard InChI is InChI=1S/C24H32N4O5/c1-16-14-25-15-17(2)21(16)24(32)33-28(20(10-13-29)23(30)31)12-4-3-7-19-9-8-18-6-5-11-26-22(18)27-19/h8-9,14-15,20,29H,3-7,10-13H2,1-2H3,(H,26,27)(H,30,31)/t20-/m1/s1. The molecule has 2 aromatic heterocycles. The van der Waals surface area contributed by atoms with Crippen LogP contribution in [-0.2, 0) is 22.5 Å². The van der Waals surface area contributed by atoms with Crippen LogP contribution in [-0.4, -0.2) is 62.9 Å². The largest absolute Gasteiger partial charge is 0.480 e. The summed E-state index contributed by atoms with van der Waals surface area (Å²) in [6.07, 6.45) is 7.31. The van der Waals surface area contributed by atoms with E-state index in [9.17, 15) is 19.8 Å². The van der Waals surface area contributed by atoms with Gasteiger partial charge in [-0.1, -0.05) is 6.07 Å². The Balaban J connectivity index is 1.64. The smallest absolute Gasteiger partial charge is 0.357 e. The first-order valence-corrected chi connectivity index (χ1v) is 11.4. The molecule has 0 fully saturated rings. The maximum Gasteiger partial charge on any atom is 0.357 e. The molecule has 0 saturated heterocycles. The summed E-state index contributed by atoms with van der Waals surface area (Å²) in [5.41, 5.74) is 3.88. The zero-order valence-corrected chi connectivity index (χ0v) is 19.2. The van der Waals surface area contributed by atoms with Crippen molar-refractivity contribution in [1.82, 2.24) is 15.0 Å². The second-order valence-corrected chi connectivity index (χ2v) is 8.33. The number of rotatable bonds is 11. The molecule has 178 valence electrons. The zero-order valence-electron chi connectivity index (χ0n) is 19.2. The topological polar surface area (TPSA) is 125 Å². The Labute approximate surface area is 193 Å².